The van der Waals surface area contributed by atoms with Crippen LogP contribution in [0.25, 0.3) is 0 Å². The van der Waals surface area contributed by atoms with Crippen LogP contribution < -0.4 is 4.90 Å². The summed E-state index contributed by atoms with van der Waals surface area (Å²) >= 11 is 0. The smallest absolute Gasteiger partial charge is 0.278 e. The number of fused-ring (bicyclic) bond motifs is 1. The van der Waals surface area contributed by atoms with Crippen molar-refractivity contribution in [2.45, 2.75) is 33.1 Å². The third-order valence-electron chi connectivity index (χ3n) is 5.70. The zero-order valence-electron chi connectivity index (χ0n) is 16.2. The van der Waals surface area contributed by atoms with Gasteiger partial charge < -0.3 is 0 Å². The Bertz CT molecular complexity index is 848. The first-order valence-electron chi connectivity index (χ1n) is 9.97. The number of piperidine rings is 1. The Morgan fingerprint density at radius 1 is 1.04 bits per heavy atom. The number of rotatable bonds is 4. The van der Waals surface area contributed by atoms with Gasteiger partial charge in [0.15, 0.2) is 0 Å². The molecule has 27 heavy (non-hydrogen) atoms. The summed E-state index contributed by atoms with van der Waals surface area (Å²) in [6.45, 7) is 7.20. The van der Waals surface area contributed by atoms with Crippen LogP contribution in [0.15, 0.2) is 53.5 Å². The Kier molecular flexibility index (Phi) is 5.08. The first kappa shape index (κ1) is 17.9. The average Bonchev–Trinajstić information content (AvgIpc) is 2.96. The Labute approximate surface area is 161 Å². The Balaban J connectivity index is 1.62. The molecule has 0 spiro atoms. The lowest BCUT2D eigenvalue weighted by molar-refractivity contribution is -0.112. The number of likely N-dealkylation sites (tertiary alicyclic amines) is 1. The SMILES string of the molecule is CCc1ccc(N=C2C(=O)N(CN3CCC(C)CC3)c3ccccc32)cc1. The molecule has 0 saturated carbocycles. The molecule has 2 aromatic carbocycles. The van der Waals surface area contributed by atoms with Crippen molar-refractivity contribution in [3.8, 4) is 0 Å². The molecule has 0 bridgehead atoms. The van der Waals surface area contributed by atoms with Gasteiger partial charge in [-0.1, -0.05) is 44.2 Å². The van der Waals surface area contributed by atoms with Gasteiger partial charge >= 0.3 is 0 Å². The number of carbonyl (C=O) groups is 1. The minimum atomic E-state index is 0.00869. The molecular formula is C23H27N3O. The average molecular weight is 361 g/mol. The largest absolute Gasteiger partial charge is 0.293 e. The van der Waals surface area contributed by atoms with E-state index in [-0.39, 0.29) is 5.91 Å². The fraction of sp³-hybridized carbons (Fsp3) is 0.391. The van der Waals surface area contributed by atoms with E-state index in [0.29, 0.717) is 12.4 Å². The zero-order valence-corrected chi connectivity index (χ0v) is 16.2. The lowest BCUT2D eigenvalue weighted by Crippen LogP contribution is -2.44. The molecule has 0 radical (unpaired) electrons. The highest BCUT2D eigenvalue weighted by molar-refractivity contribution is 6.54. The molecule has 2 aromatic rings. The van der Waals surface area contributed by atoms with E-state index in [0.717, 1.165) is 42.4 Å². The highest BCUT2D eigenvalue weighted by atomic mass is 16.2. The molecular weight excluding hydrogens is 334 g/mol. The monoisotopic (exact) mass is 361 g/mol. The molecule has 4 nitrogen and oxygen atoms in total. The molecule has 2 aliphatic rings. The van der Waals surface area contributed by atoms with Gasteiger partial charge in [0.25, 0.3) is 5.91 Å². The second kappa shape index (κ2) is 7.65. The molecule has 2 aliphatic heterocycles. The standard InChI is InChI=1S/C23H27N3O/c1-3-18-8-10-19(11-9-18)24-22-20-6-4-5-7-21(20)26(23(22)27)16-25-14-12-17(2)13-15-25/h4-11,17H,3,12-16H2,1-2H3. The molecule has 0 aromatic heterocycles. The van der Waals surface area contributed by atoms with Crippen LogP contribution in [-0.2, 0) is 11.2 Å². The molecule has 0 N–H and O–H groups in total. The number of hydrogen-bond acceptors (Lipinski definition) is 3. The molecule has 4 heteroatoms. The fourth-order valence-electron chi connectivity index (χ4n) is 3.85. The van der Waals surface area contributed by atoms with E-state index in [1.807, 2.05) is 41.3 Å². The van der Waals surface area contributed by atoms with E-state index in [2.05, 4.69) is 30.9 Å². The molecule has 140 valence electrons. The van der Waals surface area contributed by atoms with Gasteiger partial charge in [-0.15, -0.1) is 0 Å². The van der Waals surface area contributed by atoms with E-state index in [9.17, 15) is 4.79 Å². The number of nitrogens with zero attached hydrogens (tertiary/aromatic N) is 3. The number of aryl methyl sites for hydroxylation is 1. The van der Waals surface area contributed by atoms with Crippen molar-refractivity contribution in [2.75, 3.05) is 24.7 Å². The van der Waals surface area contributed by atoms with E-state index < -0.39 is 0 Å². The number of hydrogen-bond donors (Lipinski definition) is 0. The van der Waals surface area contributed by atoms with E-state index in [1.165, 1.54) is 18.4 Å². The summed E-state index contributed by atoms with van der Waals surface area (Å²) in [5.41, 5.74) is 4.58. The van der Waals surface area contributed by atoms with Crippen molar-refractivity contribution in [3.05, 3.63) is 59.7 Å². The van der Waals surface area contributed by atoms with Gasteiger partial charge in [0.1, 0.15) is 5.71 Å². The van der Waals surface area contributed by atoms with Gasteiger partial charge in [0, 0.05) is 18.7 Å². The van der Waals surface area contributed by atoms with Crippen molar-refractivity contribution in [3.63, 3.8) is 0 Å². The second-order valence-electron chi connectivity index (χ2n) is 7.67. The van der Waals surface area contributed by atoms with Gasteiger partial charge in [-0.05, 0) is 48.9 Å². The van der Waals surface area contributed by atoms with Crippen LogP contribution in [-0.4, -0.2) is 36.3 Å². The van der Waals surface area contributed by atoms with E-state index in [4.69, 9.17) is 4.99 Å². The number of aliphatic imine (C=N–C) groups is 1. The van der Waals surface area contributed by atoms with Gasteiger partial charge in [-0.25, -0.2) is 4.99 Å². The van der Waals surface area contributed by atoms with Crippen LogP contribution in [0, 0.1) is 5.92 Å². The molecule has 1 saturated heterocycles. The van der Waals surface area contributed by atoms with Crippen LogP contribution in [0.4, 0.5) is 11.4 Å². The maximum atomic E-state index is 13.2. The van der Waals surface area contributed by atoms with E-state index >= 15 is 0 Å². The lowest BCUT2D eigenvalue weighted by Gasteiger charge is -2.33. The molecule has 0 aliphatic carbocycles. The van der Waals surface area contributed by atoms with Crippen LogP contribution >= 0.6 is 0 Å². The highest BCUT2D eigenvalue weighted by Crippen LogP contribution is 2.31. The molecule has 2 heterocycles. The first-order chi connectivity index (χ1) is 13.2. The quantitative estimate of drug-likeness (QED) is 0.809. The Morgan fingerprint density at radius 2 is 1.74 bits per heavy atom. The Hall–Kier alpha value is -2.46. The minimum absolute atomic E-state index is 0.00869. The predicted octanol–water partition coefficient (Wildman–Crippen LogP) is 4.41. The third kappa shape index (κ3) is 3.67. The normalized spacial score (nSPS) is 19.7. The summed E-state index contributed by atoms with van der Waals surface area (Å²) < 4.78 is 0. The van der Waals surface area contributed by atoms with Gasteiger partial charge in [-0.3, -0.25) is 14.6 Å². The molecule has 0 unspecified atom stereocenters. The molecule has 0 atom stereocenters. The van der Waals surface area contributed by atoms with Crippen LogP contribution in [0.5, 0.6) is 0 Å². The Morgan fingerprint density at radius 3 is 2.44 bits per heavy atom. The molecule has 1 fully saturated rings. The topological polar surface area (TPSA) is 35.9 Å². The zero-order chi connectivity index (χ0) is 18.8. The van der Waals surface area contributed by atoms with E-state index in [1.54, 1.807) is 0 Å². The predicted molar refractivity (Wildman–Crippen MR) is 111 cm³/mol. The summed E-state index contributed by atoms with van der Waals surface area (Å²) in [4.78, 5) is 22.2. The van der Waals surface area contributed by atoms with Crippen molar-refractivity contribution < 1.29 is 4.79 Å². The van der Waals surface area contributed by atoms with Gasteiger partial charge in [0.05, 0.1) is 18.0 Å². The fourth-order valence-corrected chi connectivity index (χ4v) is 3.85. The summed E-state index contributed by atoms with van der Waals surface area (Å²) in [5, 5.41) is 0. The number of carbonyl (C=O) groups excluding carboxylic acids is 1. The number of amides is 1. The van der Waals surface area contributed by atoms with Gasteiger partial charge in [0.2, 0.25) is 0 Å². The third-order valence-corrected chi connectivity index (χ3v) is 5.70. The maximum absolute atomic E-state index is 13.2. The van der Waals surface area contributed by atoms with Crippen molar-refractivity contribution in [2.24, 2.45) is 10.9 Å². The van der Waals surface area contributed by atoms with Crippen LogP contribution in [0.3, 0.4) is 0 Å². The number of anilines is 1. The van der Waals surface area contributed by atoms with Crippen molar-refractivity contribution >= 4 is 23.0 Å². The highest BCUT2D eigenvalue weighted by Gasteiger charge is 2.35. The summed E-state index contributed by atoms with van der Waals surface area (Å²) in [5.74, 6) is 0.792. The summed E-state index contributed by atoms with van der Waals surface area (Å²) in [6.07, 6.45) is 3.41. The summed E-state index contributed by atoms with van der Waals surface area (Å²) in [7, 11) is 0. The summed E-state index contributed by atoms with van der Waals surface area (Å²) in [6, 6.07) is 16.2. The molecule has 1 amide bonds. The second-order valence-corrected chi connectivity index (χ2v) is 7.67. The minimum Gasteiger partial charge on any atom is -0.293 e. The maximum Gasteiger partial charge on any atom is 0.278 e. The number of benzene rings is 2. The number of para-hydroxylation sites is 1. The van der Waals surface area contributed by atoms with Crippen LogP contribution in [0.1, 0.15) is 37.8 Å². The van der Waals surface area contributed by atoms with Crippen molar-refractivity contribution in [1.82, 2.24) is 4.90 Å². The van der Waals surface area contributed by atoms with Crippen molar-refractivity contribution in [1.29, 1.82) is 0 Å². The first-order valence-corrected chi connectivity index (χ1v) is 9.97. The molecule has 4 rings (SSSR count). The lowest BCUT2D eigenvalue weighted by atomic mass is 10.00. The van der Waals surface area contributed by atoms with Gasteiger partial charge in [-0.2, -0.15) is 0 Å². The van der Waals surface area contributed by atoms with Crippen LogP contribution in [0.2, 0.25) is 0 Å².